The maximum atomic E-state index is 11.9. The van der Waals surface area contributed by atoms with E-state index in [0.717, 1.165) is 57.8 Å². The molecule has 1 aliphatic rings. The average molecular weight is 501 g/mol. The number of likely N-dealkylation sites (tertiary alicyclic amines) is 1. The second-order valence-corrected chi connectivity index (χ2v) is 7.09. The van der Waals surface area contributed by atoms with Crippen LogP contribution in [0.15, 0.2) is 29.3 Å². The second-order valence-electron chi connectivity index (χ2n) is 7.09. The Morgan fingerprint density at radius 2 is 1.82 bits per heavy atom. The van der Waals surface area contributed by atoms with Crippen molar-refractivity contribution in [1.82, 2.24) is 20.9 Å². The number of nitrogens with one attached hydrogen (secondary N) is 3. The van der Waals surface area contributed by atoms with E-state index in [2.05, 4.69) is 64.0 Å². The second kappa shape index (κ2) is 13.8. The molecule has 1 aromatic rings. The van der Waals surface area contributed by atoms with Crippen LogP contribution in [0.25, 0.3) is 0 Å². The summed E-state index contributed by atoms with van der Waals surface area (Å²) in [4.78, 5) is 18.5. The summed E-state index contributed by atoms with van der Waals surface area (Å²) in [5.41, 5.74) is 2.69. The van der Waals surface area contributed by atoms with Gasteiger partial charge in [-0.2, -0.15) is 0 Å². The smallest absolute Gasteiger partial charge is 0.234 e. The molecule has 0 aromatic heterocycles. The van der Waals surface area contributed by atoms with E-state index in [4.69, 9.17) is 0 Å². The van der Waals surface area contributed by atoms with Gasteiger partial charge in [0.05, 0.1) is 6.54 Å². The van der Waals surface area contributed by atoms with Crippen molar-refractivity contribution in [3.63, 3.8) is 0 Å². The lowest BCUT2D eigenvalue weighted by Gasteiger charge is -2.32. The van der Waals surface area contributed by atoms with Gasteiger partial charge in [-0.25, -0.2) is 0 Å². The third-order valence-electron chi connectivity index (χ3n) is 5.04. The number of halogens is 1. The molecule has 0 aliphatic carbocycles. The van der Waals surface area contributed by atoms with Gasteiger partial charge in [0.15, 0.2) is 5.96 Å². The number of benzene rings is 1. The topological polar surface area (TPSA) is 68.8 Å². The third-order valence-corrected chi connectivity index (χ3v) is 5.04. The van der Waals surface area contributed by atoms with Crippen molar-refractivity contribution in [3.05, 3.63) is 35.4 Å². The Morgan fingerprint density at radius 3 is 2.43 bits per heavy atom. The van der Waals surface area contributed by atoms with Crippen LogP contribution in [0.3, 0.4) is 0 Å². The lowest BCUT2D eigenvalue weighted by molar-refractivity contribution is -0.122. The molecule has 6 nitrogen and oxygen atoms in total. The van der Waals surface area contributed by atoms with Crippen LogP contribution in [0, 0.1) is 0 Å². The summed E-state index contributed by atoms with van der Waals surface area (Å²) in [5.74, 6) is 0.982. The van der Waals surface area contributed by atoms with Gasteiger partial charge in [-0.1, -0.05) is 38.1 Å². The molecule has 7 heteroatoms. The molecule has 2 rings (SSSR count). The highest BCUT2D eigenvalue weighted by atomic mass is 127. The molecule has 1 amide bonds. The van der Waals surface area contributed by atoms with E-state index >= 15 is 0 Å². The minimum absolute atomic E-state index is 0. The largest absolute Gasteiger partial charge is 0.355 e. The van der Waals surface area contributed by atoms with Crippen LogP contribution in [-0.2, 0) is 17.8 Å². The summed E-state index contributed by atoms with van der Waals surface area (Å²) < 4.78 is 0. The summed E-state index contributed by atoms with van der Waals surface area (Å²) in [6.45, 7) is 8.18. The first-order valence-electron chi connectivity index (χ1n) is 10.2. The van der Waals surface area contributed by atoms with Crippen molar-refractivity contribution in [3.8, 4) is 0 Å². The number of carbonyl (C=O) groups excluding carboxylic acids is 1. The number of amides is 1. The maximum Gasteiger partial charge on any atom is 0.234 e. The fourth-order valence-corrected chi connectivity index (χ4v) is 3.40. The summed E-state index contributed by atoms with van der Waals surface area (Å²) >= 11 is 0. The molecular weight excluding hydrogens is 465 g/mol. The van der Waals surface area contributed by atoms with Crippen LogP contribution >= 0.6 is 24.0 Å². The van der Waals surface area contributed by atoms with Gasteiger partial charge >= 0.3 is 0 Å². The molecule has 1 aromatic carbocycles. The average Bonchev–Trinajstić information content (AvgIpc) is 2.71. The molecule has 0 spiro atoms. The van der Waals surface area contributed by atoms with Crippen molar-refractivity contribution < 1.29 is 4.79 Å². The number of hydrogen-bond donors (Lipinski definition) is 3. The first-order chi connectivity index (χ1) is 13.2. The monoisotopic (exact) mass is 501 g/mol. The molecule has 1 fully saturated rings. The third kappa shape index (κ3) is 8.34. The number of aliphatic imine (C=N–C) groups is 1. The van der Waals surface area contributed by atoms with Crippen LogP contribution < -0.4 is 16.0 Å². The number of aryl methyl sites for hydroxylation is 1. The Hall–Kier alpha value is -1.35. The summed E-state index contributed by atoms with van der Waals surface area (Å²) in [5, 5.41) is 9.92. The molecule has 28 heavy (non-hydrogen) atoms. The van der Waals surface area contributed by atoms with Crippen LogP contribution in [0.2, 0.25) is 0 Å². The molecule has 1 saturated heterocycles. The number of nitrogens with zero attached hydrogens (tertiary/aromatic N) is 2. The first kappa shape index (κ1) is 24.7. The molecule has 0 unspecified atom stereocenters. The van der Waals surface area contributed by atoms with E-state index in [1.807, 2.05) is 7.05 Å². The molecule has 0 bridgehead atoms. The fraction of sp³-hybridized carbons (Fsp3) is 0.619. The van der Waals surface area contributed by atoms with E-state index in [-0.39, 0.29) is 29.9 Å². The van der Waals surface area contributed by atoms with Gasteiger partial charge in [-0.05, 0) is 36.8 Å². The lowest BCUT2D eigenvalue weighted by Crippen LogP contribution is -2.50. The minimum atomic E-state index is 0. The molecule has 1 heterocycles. The Morgan fingerprint density at radius 1 is 1.14 bits per heavy atom. The van der Waals surface area contributed by atoms with Gasteiger partial charge in [0, 0.05) is 39.3 Å². The van der Waals surface area contributed by atoms with Crippen LogP contribution in [0.5, 0.6) is 0 Å². The molecule has 0 atom stereocenters. The SMILES string of the molecule is CCCNC(=O)CN1CCC(NC(=NC)NCc2ccccc2CC)CC1.I. The molecule has 1 aliphatic heterocycles. The fourth-order valence-electron chi connectivity index (χ4n) is 3.40. The van der Waals surface area contributed by atoms with E-state index in [0.29, 0.717) is 12.6 Å². The zero-order valence-electron chi connectivity index (χ0n) is 17.5. The number of piperidine rings is 1. The number of hydrogen-bond acceptors (Lipinski definition) is 3. The summed E-state index contributed by atoms with van der Waals surface area (Å²) in [6.07, 6.45) is 4.06. The van der Waals surface area contributed by atoms with Gasteiger partial charge < -0.3 is 16.0 Å². The number of guanidine groups is 1. The van der Waals surface area contributed by atoms with Crippen molar-refractivity contribution >= 4 is 35.8 Å². The standard InChI is InChI=1S/C21H35N5O.HI/c1-4-12-23-20(27)16-26-13-10-19(11-14-26)25-21(22-3)24-15-18-9-7-6-8-17(18)5-2;/h6-9,19H,4-5,10-16H2,1-3H3,(H,23,27)(H2,22,24,25);1H. The predicted molar refractivity (Wildman–Crippen MR) is 127 cm³/mol. The van der Waals surface area contributed by atoms with E-state index in [1.165, 1.54) is 11.1 Å². The highest BCUT2D eigenvalue weighted by Gasteiger charge is 2.21. The quantitative estimate of drug-likeness (QED) is 0.291. The number of carbonyl (C=O) groups is 1. The van der Waals surface area contributed by atoms with Crippen LogP contribution in [-0.4, -0.2) is 56.0 Å². The van der Waals surface area contributed by atoms with Gasteiger partial charge in [-0.3, -0.25) is 14.7 Å². The Bertz CT molecular complexity index is 615. The highest BCUT2D eigenvalue weighted by Crippen LogP contribution is 2.11. The van der Waals surface area contributed by atoms with Gasteiger partial charge in [0.25, 0.3) is 0 Å². The summed E-state index contributed by atoms with van der Waals surface area (Å²) in [7, 11) is 1.81. The van der Waals surface area contributed by atoms with E-state index in [9.17, 15) is 4.79 Å². The van der Waals surface area contributed by atoms with Gasteiger partial charge in [0.1, 0.15) is 0 Å². The first-order valence-corrected chi connectivity index (χ1v) is 10.2. The molecule has 0 radical (unpaired) electrons. The van der Waals surface area contributed by atoms with E-state index in [1.54, 1.807) is 0 Å². The lowest BCUT2D eigenvalue weighted by atomic mass is 10.0. The van der Waals surface area contributed by atoms with Crippen molar-refractivity contribution in [2.24, 2.45) is 4.99 Å². The predicted octanol–water partition coefficient (Wildman–Crippen LogP) is 2.52. The molecular formula is C21H36IN5O. The van der Waals surface area contributed by atoms with Crippen molar-refractivity contribution in [1.29, 1.82) is 0 Å². The van der Waals surface area contributed by atoms with Crippen molar-refractivity contribution in [2.45, 2.75) is 52.1 Å². The van der Waals surface area contributed by atoms with Gasteiger partial charge in [-0.15, -0.1) is 24.0 Å². The zero-order valence-corrected chi connectivity index (χ0v) is 19.8. The van der Waals surface area contributed by atoms with Crippen molar-refractivity contribution in [2.75, 3.05) is 33.2 Å². The molecule has 0 saturated carbocycles. The van der Waals surface area contributed by atoms with Crippen LogP contribution in [0.4, 0.5) is 0 Å². The Balaban J connectivity index is 0.00000392. The maximum absolute atomic E-state index is 11.9. The minimum Gasteiger partial charge on any atom is -0.355 e. The van der Waals surface area contributed by atoms with Crippen LogP contribution in [0.1, 0.15) is 44.2 Å². The molecule has 3 N–H and O–H groups in total. The van der Waals surface area contributed by atoms with Gasteiger partial charge in [0.2, 0.25) is 5.91 Å². The summed E-state index contributed by atoms with van der Waals surface area (Å²) in [6, 6.07) is 8.91. The normalized spacial score (nSPS) is 15.6. The van der Waals surface area contributed by atoms with E-state index < -0.39 is 0 Å². The highest BCUT2D eigenvalue weighted by molar-refractivity contribution is 14.0. The Labute approximate surface area is 187 Å². The zero-order chi connectivity index (χ0) is 19.5. The Kier molecular flexibility index (Phi) is 12.1. The number of rotatable bonds is 8. The molecule has 158 valence electrons.